The first-order valence-corrected chi connectivity index (χ1v) is 12.1. The number of nitrogens with zero attached hydrogens (tertiary/aromatic N) is 7. The van der Waals surface area contributed by atoms with Gasteiger partial charge >= 0.3 is 0 Å². The van der Waals surface area contributed by atoms with E-state index in [4.69, 9.17) is 10.1 Å². The monoisotopic (exact) mass is 505 g/mol. The molecule has 190 valence electrons. The molecule has 2 aliphatic rings. The van der Waals surface area contributed by atoms with Crippen LogP contribution in [0.1, 0.15) is 67.9 Å². The standard InChI is InChI=1S/C26H25F2N7O2/c1-25(2)15-6-9-26(25,22-14(15)12-18(32-33-22)21-16(27)4-3-5-17(21)28)20-7-10-29-24(31-20)35-13-30-23(34-35)19(37)8-11-36/h3-5,7,10,12-13,15,19,36-37H,6,8-9,11H2,1-2H3/t15-,19+,26-/m0/s1. The van der Waals surface area contributed by atoms with Gasteiger partial charge < -0.3 is 10.2 Å². The van der Waals surface area contributed by atoms with Crippen LogP contribution in [0.4, 0.5) is 8.78 Å². The maximum Gasteiger partial charge on any atom is 0.252 e. The van der Waals surface area contributed by atoms with Crippen molar-refractivity contribution in [1.29, 1.82) is 0 Å². The quantitative estimate of drug-likeness (QED) is 0.409. The van der Waals surface area contributed by atoms with E-state index < -0.39 is 23.2 Å². The Morgan fingerprint density at radius 3 is 2.68 bits per heavy atom. The van der Waals surface area contributed by atoms with Crippen molar-refractivity contribution in [1.82, 2.24) is 34.9 Å². The molecular weight excluding hydrogens is 480 g/mol. The van der Waals surface area contributed by atoms with Gasteiger partial charge in [0.05, 0.1) is 28.1 Å². The van der Waals surface area contributed by atoms with Gasteiger partial charge in [-0.3, -0.25) is 0 Å². The second-order valence-electron chi connectivity index (χ2n) is 10.2. The lowest BCUT2D eigenvalue weighted by Crippen LogP contribution is -2.38. The van der Waals surface area contributed by atoms with Gasteiger partial charge in [0, 0.05) is 19.2 Å². The van der Waals surface area contributed by atoms with E-state index >= 15 is 0 Å². The van der Waals surface area contributed by atoms with Gasteiger partial charge in [-0.05, 0) is 54.0 Å². The average Bonchev–Trinajstić information content (AvgIpc) is 3.53. The Hall–Kier alpha value is -3.70. The highest BCUT2D eigenvalue weighted by atomic mass is 19.1. The summed E-state index contributed by atoms with van der Waals surface area (Å²) < 4.78 is 30.4. The fourth-order valence-electron chi connectivity index (χ4n) is 6.23. The van der Waals surface area contributed by atoms with Crippen molar-refractivity contribution >= 4 is 0 Å². The number of aromatic nitrogens is 7. The number of halogens is 2. The molecule has 11 heteroatoms. The maximum absolute atomic E-state index is 14.5. The van der Waals surface area contributed by atoms with Crippen molar-refractivity contribution in [2.45, 2.75) is 50.5 Å². The lowest BCUT2D eigenvalue weighted by Gasteiger charge is -2.37. The fourth-order valence-corrected chi connectivity index (χ4v) is 6.23. The number of hydrogen-bond donors (Lipinski definition) is 2. The molecule has 37 heavy (non-hydrogen) atoms. The Morgan fingerprint density at radius 1 is 1.14 bits per heavy atom. The topological polar surface area (TPSA) is 123 Å². The second-order valence-corrected chi connectivity index (χ2v) is 10.2. The molecule has 3 heterocycles. The summed E-state index contributed by atoms with van der Waals surface area (Å²) in [7, 11) is 0. The first-order chi connectivity index (χ1) is 17.8. The summed E-state index contributed by atoms with van der Waals surface area (Å²) in [5, 5.41) is 32.3. The Labute approximate surface area is 211 Å². The minimum absolute atomic E-state index is 0.108. The summed E-state index contributed by atoms with van der Waals surface area (Å²) in [6, 6.07) is 7.38. The third-order valence-electron chi connectivity index (χ3n) is 8.10. The molecule has 9 nitrogen and oxygen atoms in total. The molecule has 1 fully saturated rings. The lowest BCUT2D eigenvalue weighted by molar-refractivity contribution is 0.126. The van der Waals surface area contributed by atoms with Gasteiger partial charge in [0.25, 0.3) is 5.95 Å². The van der Waals surface area contributed by atoms with Crippen LogP contribution < -0.4 is 0 Å². The molecule has 0 saturated heterocycles. The number of benzene rings is 1. The highest BCUT2D eigenvalue weighted by Gasteiger charge is 2.65. The van der Waals surface area contributed by atoms with Crippen LogP contribution in [0.15, 0.2) is 42.9 Å². The largest absolute Gasteiger partial charge is 0.396 e. The highest BCUT2D eigenvalue weighted by molar-refractivity contribution is 5.64. The van der Waals surface area contributed by atoms with Gasteiger partial charge in [-0.25, -0.2) is 23.7 Å². The van der Waals surface area contributed by atoms with Crippen molar-refractivity contribution in [2.24, 2.45) is 5.41 Å². The summed E-state index contributed by atoms with van der Waals surface area (Å²) in [5.41, 5.74) is 1.55. The summed E-state index contributed by atoms with van der Waals surface area (Å²) in [5.74, 6) is -0.789. The van der Waals surface area contributed by atoms with Gasteiger partial charge in [0.1, 0.15) is 24.1 Å². The van der Waals surface area contributed by atoms with Gasteiger partial charge in [0.15, 0.2) is 5.82 Å². The van der Waals surface area contributed by atoms with Crippen molar-refractivity contribution in [3.8, 4) is 17.2 Å². The van der Waals surface area contributed by atoms with Gasteiger partial charge in [-0.15, -0.1) is 10.2 Å². The first kappa shape index (κ1) is 23.7. The summed E-state index contributed by atoms with van der Waals surface area (Å²) in [6.07, 6.45) is 3.85. The van der Waals surface area contributed by atoms with E-state index in [2.05, 4.69) is 39.1 Å². The Bertz CT molecular complexity index is 1490. The smallest absolute Gasteiger partial charge is 0.252 e. The zero-order chi connectivity index (χ0) is 25.9. The molecule has 6 rings (SSSR count). The SMILES string of the molecule is CC1(C)[C@H]2CC[C@]1(c1ccnc(-n3cnc([C@H](O)CCO)n3)n1)c1nnc(-c3c(F)cccc3F)cc12. The summed E-state index contributed by atoms with van der Waals surface area (Å²) in [6.45, 7) is 4.14. The van der Waals surface area contributed by atoms with Crippen LogP contribution in [0.25, 0.3) is 17.2 Å². The zero-order valence-electron chi connectivity index (χ0n) is 20.3. The van der Waals surface area contributed by atoms with Crippen LogP contribution in [0.2, 0.25) is 0 Å². The molecule has 4 aromatic rings. The van der Waals surface area contributed by atoms with E-state index in [1.54, 1.807) is 12.3 Å². The molecule has 3 atom stereocenters. The minimum Gasteiger partial charge on any atom is -0.396 e. The van der Waals surface area contributed by atoms with Crippen molar-refractivity contribution in [3.05, 3.63) is 77.3 Å². The van der Waals surface area contributed by atoms with Crippen LogP contribution in [0.5, 0.6) is 0 Å². The van der Waals surface area contributed by atoms with Crippen LogP contribution >= 0.6 is 0 Å². The third-order valence-corrected chi connectivity index (χ3v) is 8.10. The van der Waals surface area contributed by atoms with Crippen molar-refractivity contribution in [3.63, 3.8) is 0 Å². The van der Waals surface area contributed by atoms with Gasteiger partial charge in [-0.1, -0.05) is 19.9 Å². The van der Waals surface area contributed by atoms with Crippen molar-refractivity contribution < 1.29 is 19.0 Å². The van der Waals surface area contributed by atoms with E-state index in [1.807, 2.05) is 6.07 Å². The highest BCUT2D eigenvalue weighted by Crippen LogP contribution is 2.69. The number of fused-ring (bicyclic) bond motifs is 5. The van der Waals surface area contributed by atoms with E-state index in [9.17, 15) is 13.9 Å². The number of hydrogen-bond acceptors (Lipinski definition) is 8. The number of rotatable bonds is 6. The summed E-state index contributed by atoms with van der Waals surface area (Å²) in [4.78, 5) is 13.3. The normalized spacial score (nSPS) is 22.3. The summed E-state index contributed by atoms with van der Waals surface area (Å²) >= 11 is 0. The molecule has 3 aromatic heterocycles. The van der Waals surface area contributed by atoms with Gasteiger partial charge in [0.2, 0.25) is 0 Å². The second kappa shape index (κ2) is 8.42. The molecular formula is C26H25F2N7O2. The van der Waals surface area contributed by atoms with Crippen molar-refractivity contribution in [2.75, 3.05) is 6.61 Å². The zero-order valence-corrected chi connectivity index (χ0v) is 20.3. The van der Waals surface area contributed by atoms with Crippen LogP contribution in [-0.2, 0) is 5.41 Å². The predicted molar refractivity (Wildman–Crippen MR) is 128 cm³/mol. The number of aliphatic hydroxyl groups excluding tert-OH is 2. The maximum atomic E-state index is 14.5. The minimum atomic E-state index is -0.993. The average molecular weight is 506 g/mol. The first-order valence-electron chi connectivity index (χ1n) is 12.1. The predicted octanol–water partition coefficient (Wildman–Crippen LogP) is 3.41. The number of aliphatic hydroxyl groups is 2. The van der Waals surface area contributed by atoms with E-state index in [1.165, 1.54) is 29.2 Å². The Kier molecular flexibility index (Phi) is 5.39. The molecule has 1 aromatic carbocycles. The molecule has 1 saturated carbocycles. The lowest BCUT2D eigenvalue weighted by atomic mass is 9.66. The fraction of sp³-hybridized carbons (Fsp3) is 0.385. The molecule has 0 amide bonds. The molecule has 0 aliphatic heterocycles. The van der Waals surface area contributed by atoms with E-state index in [0.29, 0.717) is 0 Å². The van der Waals surface area contributed by atoms with E-state index in [-0.39, 0.29) is 47.4 Å². The Balaban J connectivity index is 1.44. The molecule has 2 aliphatic carbocycles. The van der Waals surface area contributed by atoms with E-state index in [0.717, 1.165) is 29.8 Å². The molecule has 2 N–H and O–H groups in total. The Morgan fingerprint density at radius 2 is 1.92 bits per heavy atom. The third kappa shape index (κ3) is 3.33. The van der Waals surface area contributed by atoms with Crippen LogP contribution in [-0.4, -0.2) is 51.7 Å². The molecule has 2 bridgehead atoms. The molecule has 0 spiro atoms. The molecule has 0 radical (unpaired) electrons. The van der Waals surface area contributed by atoms with Gasteiger partial charge in [-0.2, -0.15) is 9.78 Å². The van der Waals surface area contributed by atoms with Crippen LogP contribution in [0, 0.1) is 17.0 Å². The van der Waals surface area contributed by atoms with Crippen LogP contribution in [0.3, 0.4) is 0 Å². The molecule has 0 unspecified atom stereocenters.